The van der Waals surface area contributed by atoms with Crippen molar-refractivity contribution in [3.05, 3.63) is 107 Å². The maximum absolute atomic E-state index is 13.7. The second-order valence-corrected chi connectivity index (χ2v) is 10.9. The SMILES string of the molecule is O=C(c1ccc(-c2cnc3c(c2)N(Cc2cc(Cl)ccc2C(F)(F)F)CCN3)cc1)N1CCN(c2ccccc2)CC1. The number of pyridine rings is 1. The summed E-state index contributed by atoms with van der Waals surface area (Å²) in [5.41, 5.74) is 3.57. The number of piperazine rings is 1. The largest absolute Gasteiger partial charge is 0.416 e. The molecule has 1 aromatic heterocycles. The van der Waals surface area contributed by atoms with E-state index in [2.05, 4.69) is 27.3 Å². The van der Waals surface area contributed by atoms with Gasteiger partial charge in [-0.3, -0.25) is 4.79 Å². The second kappa shape index (κ2) is 11.6. The van der Waals surface area contributed by atoms with Gasteiger partial charge >= 0.3 is 6.18 Å². The predicted molar refractivity (Wildman–Crippen MR) is 160 cm³/mol. The number of alkyl halides is 3. The lowest BCUT2D eigenvalue weighted by atomic mass is 10.0. The van der Waals surface area contributed by atoms with Crippen molar-refractivity contribution in [1.29, 1.82) is 0 Å². The third-order valence-electron chi connectivity index (χ3n) is 7.77. The lowest BCUT2D eigenvalue weighted by Crippen LogP contribution is -2.48. The van der Waals surface area contributed by atoms with Gasteiger partial charge in [-0.05, 0) is 59.7 Å². The molecule has 0 aliphatic carbocycles. The average Bonchev–Trinajstić information content (AvgIpc) is 3.01. The van der Waals surface area contributed by atoms with Crippen molar-refractivity contribution >= 4 is 34.7 Å². The number of nitrogens with one attached hydrogen (secondary N) is 1. The minimum Gasteiger partial charge on any atom is -0.368 e. The van der Waals surface area contributed by atoms with Crippen molar-refractivity contribution in [3.8, 4) is 11.1 Å². The molecule has 0 atom stereocenters. The number of hydrogen-bond donors (Lipinski definition) is 1. The number of para-hydroxylation sites is 1. The van der Waals surface area contributed by atoms with Crippen LogP contribution in [-0.4, -0.2) is 55.1 Å². The number of carbonyl (C=O) groups excluding carboxylic acids is 1. The van der Waals surface area contributed by atoms with E-state index in [4.69, 9.17) is 11.6 Å². The van der Waals surface area contributed by atoms with Gasteiger partial charge in [0.2, 0.25) is 0 Å². The zero-order valence-electron chi connectivity index (χ0n) is 22.7. The number of benzene rings is 3. The van der Waals surface area contributed by atoms with E-state index in [-0.39, 0.29) is 23.0 Å². The van der Waals surface area contributed by atoms with Crippen LogP contribution < -0.4 is 15.1 Å². The molecule has 2 aliphatic rings. The monoisotopic (exact) mass is 591 g/mol. The van der Waals surface area contributed by atoms with Crippen LogP contribution in [0.1, 0.15) is 21.5 Å². The van der Waals surface area contributed by atoms with Gasteiger partial charge in [0, 0.05) is 73.8 Å². The Bertz CT molecular complexity index is 1570. The quantitative estimate of drug-likeness (QED) is 0.276. The van der Waals surface area contributed by atoms with Crippen molar-refractivity contribution in [1.82, 2.24) is 9.88 Å². The van der Waals surface area contributed by atoms with Crippen LogP contribution in [0.5, 0.6) is 0 Å². The lowest BCUT2D eigenvalue weighted by molar-refractivity contribution is -0.138. The number of hydrogen-bond acceptors (Lipinski definition) is 5. The molecule has 1 fully saturated rings. The molecular formula is C32H29ClF3N5O. The Hall–Kier alpha value is -4.24. The van der Waals surface area contributed by atoms with Crippen molar-refractivity contribution < 1.29 is 18.0 Å². The summed E-state index contributed by atoms with van der Waals surface area (Å²) in [6, 6.07) is 23.2. The standard InChI is InChI=1S/C32H29ClF3N5O/c33-26-10-11-28(32(34,35)36)25(18-26)21-41-13-12-37-30-29(41)19-24(20-38-30)22-6-8-23(9-7-22)31(42)40-16-14-39(15-17-40)27-4-2-1-3-5-27/h1-11,18-20H,12-17,21H2,(H,37,38). The van der Waals surface area contributed by atoms with Crippen LogP contribution in [-0.2, 0) is 12.7 Å². The van der Waals surface area contributed by atoms with E-state index < -0.39 is 11.7 Å². The lowest BCUT2D eigenvalue weighted by Gasteiger charge is -2.36. The Morgan fingerprint density at radius 3 is 2.33 bits per heavy atom. The summed E-state index contributed by atoms with van der Waals surface area (Å²) in [5.74, 6) is 0.609. The maximum atomic E-state index is 13.7. The van der Waals surface area contributed by atoms with E-state index in [1.165, 1.54) is 12.1 Å². The summed E-state index contributed by atoms with van der Waals surface area (Å²) in [7, 11) is 0. The summed E-state index contributed by atoms with van der Waals surface area (Å²) in [4.78, 5) is 23.8. The van der Waals surface area contributed by atoms with Crippen LogP contribution in [0.25, 0.3) is 11.1 Å². The predicted octanol–water partition coefficient (Wildman–Crippen LogP) is 6.82. The van der Waals surface area contributed by atoms with E-state index in [0.29, 0.717) is 43.2 Å². The molecule has 42 heavy (non-hydrogen) atoms. The fourth-order valence-corrected chi connectivity index (χ4v) is 5.75. The van der Waals surface area contributed by atoms with Crippen LogP contribution >= 0.6 is 11.6 Å². The smallest absolute Gasteiger partial charge is 0.368 e. The van der Waals surface area contributed by atoms with Gasteiger partial charge in [0.15, 0.2) is 0 Å². The highest BCUT2D eigenvalue weighted by Gasteiger charge is 2.34. The Kier molecular flexibility index (Phi) is 7.68. The molecule has 4 aromatic rings. The van der Waals surface area contributed by atoms with Gasteiger partial charge in [0.1, 0.15) is 5.82 Å². The zero-order valence-corrected chi connectivity index (χ0v) is 23.5. The Balaban J connectivity index is 1.17. The number of nitrogens with zero attached hydrogens (tertiary/aromatic N) is 4. The van der Waals surface area contributed by atoms with Crippen LogP contribution in [0.3, 0.4) is 0 Å². The van der Waals surface area contributed by atoms with Crippen LogP contribution in [0, 0.1) is 0 Å². The van der Waals surface area contributed by atoms with Crippen molar-refractivity contribution in [2.75, 3.05) is 54.4 Å². The molecule has 0 saturated carbocycles. The molecule has 1 amide bonds. The van der Waals surface area contributed by atoms with Crippen molar-refractivity contribution in [3.63, 3.8) is 0 Å². The molecule has 6 rings (SSSR count). The highest BCUT2D eigenvalue weighted by Crippen LogP contribution is 2.37. The first kappa shape index (κ1) is 27.9. The van der Waals surface area contributed by atoms with E-state index in [0.717, 1.165) is 36.0 Å². The number of amides is 1. The molecule has 6 nitrogen and oxygen atoms in total. The number of halogens is 4. The molecule has 2 aliphatic heterocycles. The summed E-state index contributed by atoms with van der Waals surface area (Å²) in [6.45, 7) is 3.95. The fraction of sp³-hybridized carbons (Fsp3) is 0.250. The Labute approximate surface area is 247 Å². The zero-order chi connectivity index (χ0) is 29.3. The summed E-state index contributed by atoms with van der Waals surface area (Å²) < 4.78 is 41.1. The van der Waals surface area contributed by atoms with E-state index >= 15 is 0 Å². The van der Waals surface area contributed by atoms with E-state index in [1.54, 1.807) is 6.20 Å². The van der Waals surface area contributed by atoms with E-state index in [9.17, 15) is 18.0 Å². The van der Waals surface area contributed by atoms with Crippen molar-refractivity contribution in [2.24, 2.45) is 0 Å². The molecule has 3 aromatic carbocycles. The average molecular weight is 592 g/mol. The van der Waals surface area contributed by atoms with Gasteiger partial charge in [-0.1, -0.05) is 41.9 Å². The molecular weight excluding hydrogens is 563 g/mol. The highest BCUT2D eigenvalue weighted by atomic mass is 35.5. The van der Waals surface area contributed by atoms with Crippen LogP contribution in [0.2, 0.25) is 5.02 Å². The minimum atomic E-state index is -4.48. The number of aromatic nitrogens is 1. The van der Waals surface area contributed by atoms with Gasteiger partial charge in [-0.2, -0.15) is 13.2 Å². The van der Waals surface area contributed by atoms with Crippen LogP contribution in [0.15, 0.2) is 85.1 Å². The minimum absolute atomic E-state index is 0.00445. The first-order chi connectivity index (χ1) is 20.3. The normalized spacial score (nSPS) is 15.3. The second-order valence-electron chi connectivity index (χ2n) is 10.4. The topological polar surface area (TPSA) is 51.7 Å². The van der Waals surface area contributed by atoms with Gasteiger partial charge in [0.25, 0.3) is 5.91 Å². The number of anilines is 3. The van der Waals surface area contributed by atoms with Gasteiger partial charge in [-0.25, -0.2) is 4.98 Å². The summed E-state index contributed by atoms with van der Waals surface area (Å²) in [5, 5.41) is 3.49. The summed E-state index contributed by atoms with van der Waals surface area (Å²) >= 11 is 6.07. The van der Waals surface area contributed by atoms with Crippen LogP contribution in [0.4, 0.5) is 30.4 Å². The third kappa shape index (κ3) is 5.87. The first-order valence-corrected chi connectivity index (χ1v) is 14.2. The molecule has 216 valence electrons. The molecule has 1 N–H and O–H groups in total. The van der Waals surface area contributed by atoms with Gasteiger partial charge in [0.05, 0.1) is 11.3 Å². The van der Waals surface area contributed by atoms with Gasteiger partial charge < -0.3 is 20.0 Å². The molecule has 1 saturated heterocycles. The van der Waals surface area contributed by atoms with Gasteiger partial charge in [-0.15, -0.1) is 0 Å². The van der Waals surface area contributed by atoms with E-state index in [1.807, 2.05) is 58.3 Å². The molecule has 0 bridgehead atoms. The summed E-state index contributed by atoms with van der Waals surface area (Å²) in [6.07, 6.45) is -2.75. The number of rotatable bonds is 5. The number of fused-ring (bicyclic) bond motifs is 1. The Morgan fingerprint density at radius 2 is 1.62 bits per heavy atom. The molecule has 3 heterocycles. The maximum Gasteiger partial charge on any atom is 0.416 e. The molecule has 0 spiro atoms. The van der Waals surface area contributed by atoms with Crippen molar-refractivity contribution in [2.45, 2.75) is 12.7 Å². The molecule has 10 heteroatoms. The Morgan fingerprint density at radius 1 is 0.881 bits per heavy atom. The first-order valence-electron chi connectivity index (χ1n) is 13.8. The molecule has 0 unspecified atom stereocenters. The highest BCUT2D eigenvalue weighted by molar-refractivity contribution is 6.30. The third-order valence-corrected chi connectivity index (χ3v) is 8.00. The molecule has 0 radical (unpaired) electrons. The number of carbonyl (C=O) groups is 1. The fourth-order valence-electron chi connectivity index (χ4n) is 5.55.